The first kappa shape index (κ1) is 19.7. The van der Waals surface area contributed by atoms with Crippen molar-refractivity contribution in [1.29, 1.82) is 0 Å². The van der Waals surface area contributed by atoms with Crippen LogP contribution in [-0.4, -0.2) is 31.6 Å². The number of amides is 1. The normalized spacial score (nSPS) is 10.7. The highest BCUT2D eigenvalue weighted by Gasteiger charge is 2.14. The summed E-state index contributed by atoms with van der Waals surface area (Å²) in [5, 5.41) is 0. The molecule has 0 aromatic heterocycles. The van der Waals surface area contributed by atoms with E-state index >= 15 is 0 Å². The molecule has 0 aliphatic carbocycles. The molecule has 0 spiro atoms. The minimum Gasteiger partial charge on any atom is -0.493 e. The first-order valence-electron chi connectivity index (χ1n) is 8.30. The van der Waals surface area contributed by atoms with E-state index in [4.69, 9.17) is 4.74 Å². The second-order valence-electron chi connectivity index (χ2n) is 6.10. The van der Waals surface area contributed by atoms with Gasteiger partial charge in [-0.1, -0.05) is 35.9 Å². The monoisotopic (exact) mass is 363 g/mol. The van der Waals surface area contributed by atoms with Crippen LogP contribution in [0.3, 0.4) is 0 Å². The van der Waals surface area contributed by atoms with Crippen molar-refractivity contribution in [2.45, 2.75) is 32.9 Å². The number of carbonyl (C=O) groups excluding carboxylic acids is 1. The standard InChI is InChI=1S/C20H23F2NO3/c1-14-5-4-6-15(11-14)8-10-19(24)23(2)13-16-7-9-17(25-3)18(12-16)26-20(21)22/h4-7,9,11-12,20H,8,10,13H2,1-3H3. The van der Waals surface area contributed by atoms with Crippen LogP contribution in [0.5, 0.6) is 11.5 Å². The summed E-state index contributed by atoms with van der Waals surface area (Å²) in [5.74, 6) is 0.168. The minimum atomic E-state index is -2.94. The van der Waals surface area contributed by atoms with E-state index < -0.39 is 6.61 Å². The van der Waals surface area contributed by atoms with E-state index in [1.54, 1.807) is 24.1 Å². The third kappa shape index (κ3) is 5.72. The number of carbonyl (C=O) groups is 1. The molecule has 0 bridgehead atoms. The van der Waals surface area contributed by atoms with Gasteiger partial charge < -0.3 is 14.4 Å². The van der Waals surface area contributed by atoms with Crippen LogP contribution in [0.2, 0.25) is 0 Å². The van der Waals surface area contributed by atoms with Gasteiger partial charge in [-0.15, -0.1) is 0 Å². The summed E-state index contributed by atoms with van der Waals surface area (Å²) in [6.07, 6.45) is 1.05. The number of alkyl halides is 2. The van der Waals surface area contributed by atoms with Crippen molar-refractivity contribution in [1.82, 2.24) is 4.90 Å². The summed E-state index contributed by atoms with van der Waals surface area (Å²) in [6, 6.07) is 12.8. The highest BCUT2D eigenvalue weighted by Crippen LogP contribution is 2.29. The van der Waals surface area contributed by atoms with Gasteiger partial charge in [0.05, 0.1) is 7.11 Å². The number of methoxy groups -OCH3 is 1. The quantitative estimate of drug-likeness (QED) is 0.706. The Labute approximate surface area is 152 Å². The van der Waals surface area contributed by atoms with Gasteiger partial charge in [0, 0.05) is 20.0 Å². The van der Waals surface area contributed by atoms with Gasteiger partial charge in [0.25, 0.3) is 0 Å². The number of benzene rings is 2. The van der Waals surface area contributed by atoms with Crippen LogP contribution in [0.4, 0.5) is 8.78 Å². The van der Waals surface area contributed by atoms with E-state index in [9.17, 15) is 13.6 Å². The van der Waals surface area contributed by atoms with E-state index in [0.717, 1.165) is 11.1 Å². The van der Waals surface area contributed by atoms with E-state index in [0.29, 0.717) is 24.9 Å². The fraction of sp³-hybridized carbons (Fsp3) is 0.350. The molecule has 0 heterocycles. The molecule has 0 atom stereocenters. The summed E-state index contributed by atoms with van der Waals surface area (Å²) in [5.41, 5.74) is 2.96. The molecule has 2 rings (SSSR count). The lowest BCUT2D eigenvalue weighted by Gasteiger charge is -2.18. The van der Waals surface area contributed by atoms with Gasteiger partial charge in [0.2, 0.25) is 5.91 Å². The van der Waals surface area contributed by atoms with Gasteiger partial charge in [-0.2, -0.15) is 8.78 Å². The zero-order chi connectivity index (χ0) is 19.1. The average Bonchev–Trinajstić information content (AvgIpc) is 2.59. The van der Waals surface area contributed by atoms with E-state index in [2.05, 4.69) is 10.8 Å². The third-order valence-corrected chi connectivity index (χ3v) is 4.00. The summed E-state index contributed by atoms with van der Waals surface area (Å²) in [7, 11) is 3.07. The molecule has 0 N–H and O–H groups in total. The molecule has 0 radical (unpaired) electrons. The molecule has 4 nitrogen and oxygen atoms in total. The Morgan fingerprint density at radius 1 is 1.12 bits per heavy atom. The largest absolute Gasteiger partial charge is 0.493 e. The fourth-order valence-corrected chi connectivity index (χ4v) is 2.68. The number of aryl methyl sites for hydroxylation is 2. The molecule has 0 saturated carbocycles. The van der Waals surface area contributed by atoms with Gasteiger partial charge in [-0.3, -0.25) is 4.79 Å². The molecule has 0 fully saturated rings. The SMILES string of the molecule is COc1ccc(CN(C)C(=O)CCc2cccc(C)c2)cc1OC(F)F. The highest BCUT2D eigenvalue weighted by atomic mass is 19.3. The van der Waals surface area contributed by atoms with Crippen LogP contribution in [0.1, 0.15) is 23.1 Å². The molecule has 140 valence electrons. The van der Waals surface area contributed by atoms with Crippen LogP contribution in [0.25, 0.3) is 0 Å². The van der Waals surface area contributed by atoms with Crippen molar-refractivity contribution in [3.8, 4) is 11.5 Å². The Morgan fingerprint density at radius 3 is 2.54 bits per heavy atom. The van der Waals surface area contributed by atoms with Crippen molar-refractivity contribution in [2.75, 3.05) is 14.2 Å². The predicted molar refractivity (Wildman–Crippen MR) is 95.6 cm³/mol. The molecule has 26 heavy (non-hydrogen) atoms. The minimum absolute atomic E-state index is 0.0151. The topological polar surface area (TPSA) is 38.8 Å². The number of hydrogen-bond acceptors (Lipinski definition) is 3. The van der Waals surface area contributed by atoms with Crippen LogP contribution in [0, 0.1) is 6.92 Å². The summed E-state index contributed by atoms with van der Waals surface area (Å²) >= 11 is 0. The van der Waals surface area contributed by atoms with Gasteiger partial charge in [0.15, 0.2) is 11.5 Å². The Hall–Kier alpha value is -2.63. The van der Waals surface area contributed by atoms with Gasteiger partial charge in [-0.25, -0.2) is 0 Å². The maximum atomic E-state index is 12.5. The second kappa shape index (κ2) is 9.17. The fourth-order valence-electron chi connectivity index (χ4n) is 2.68. The smallest absolute Gasteiger partial charge is 0.387 e. The zero-order valence-electron chi connectivity index (χ0n) is 15.2. The third-order valence-electron chi connectivity index (χ3n) is 4.00. The Morgan fingerprint density at radius 2 is 1.88 bits per heavy atom. The molecule has 0 unspecified atom stereocenters. The molecule has 2 aromatic rings. The summed E-state index contributed by atoms with van der Waals surface area (Å²) in [6.45, 7) is -0.621. The molecular weight excluding hydrogens is 340 g/mol. The predicted octanol–water partition coefficient (Wildman–Crippen LogP) is 4.20. The van der Waals surface area contributed by atoms with Crippen LogP contribution < -0.4 is 9.47 Å². The Bertz CT molecular complexity index is 750. The van der Waals surface area contributed by atoms with E-state index in [1.807, 2.05) is 25.1 Å². The van der Waals surface area contributed by atoms with E-state index in [-0.39, 0.29) is 17.4 Å². The van der Waals surface area contributed by atoms with Crippen LogP contribution in [-0.2, 0) is 17.8 Å². The van der Waals surface area contributed by atoms with Crippen molar-refractivity contribution >= 4 is 5.91 Å². The first-order valence-corrected chi connectivity index (χ1v) is 8.30. The van der Waals surface area contributed by atoms with Crippen LogP contribution >= 0.6 is 0 Å². The molecule has 1 amide bonds. The molecule has 0 aliphatic heterocycles. The number of hydrogen-bond donors (Lipinski definition) is 0. The number of halogens is 2. The summed E-state index contributed by atoms with van der Waals surface area (Å²) < 4.78 is 34.5. The van der Waals surface area contributed by atoms with Gasteiger partial charge >= 0.3 is 6.61 Å². The highest BCUT2D eigenvalue weighted by molar-refractivity contribution is 5.76. The molecule has 6 heteroatoms. The van der Waals surface area contributed by atoms with Crippen molar-refractivity contribution < 1.29 is 23.0 Å². The first-order chi connectivity index (χ1) is 12.4. The molecule has 0 aliphatic rings. The lowest BCUT2D eigenvalue weighted by atomic mass is 10.1. The Kier molecular flexibility index (Phi) is 6.95. The number of nitrogens with zero attached hydrogens (tertiary/aromatic N) is 1. The van der Waals surface area contributed by atoms with E-state index in [1.165, 1.54) is 13.2 Å². The molecule has 2 aromatic carbocycles. The maximum absolute atomic E-state index is 12.5. The zero-order valence-corrected chi connectivity index (χ0v) is 15.2. The maximum Gasteiger partial charge on any atom is 0.387 e. The van der Waals surface area contributed by atoms with Crippen molar-refractivity contribution in [3.05, 3.63) is 59.2 Å². The molecule has 0 saturated heterocycles. The van der Waals surface area contributed by atoms with Gasteiger partial charge in [0.1, 0.15) is 0 Å². The average molecular weight is 363 g/mol. The second-order valence-corrected chi connectivity index (χ2v) is 6.10. The van der Waals surface area contributed by atoms with Crippen LogP contribution in [0.15, 0.2) is 42.5 Å². The lowest BCUT2D eigenvalue weighted by Crippen LogP contribution is -2.26. The van der Waals surface area contributed by atoms with Crippen molar-refractivity contribution in [3.63, 3.8) is 0 Å². The molecular formula is C20H23F2NO3. The van der Waals surface area contributed by atoms with Gasteiger partial charge in [-0.05, 0) is 36.6 Å². The number of rotatable bonds is 8. The Balaban J connectivity index is 1.97. The lowest BCUT2D eigenvalue weighted by molar-refractivity contribution is -0.130. The number of ether oxygens (including phenoxy) is 2. The van der Waals surface area contributed by atoms with Crippen molar-refractivity contribution in [2.24, 2.45) is 0 Å². The summed E-state index contributed by atoms with van der Waals surface area (Å²) in [4.78, 5) is 13.9.